The van der Waals surface area contributed by atoms with Gasteiger partial charge in [-0.3, -0.25) is 9.78 Å². The highest BCUT2D eigenvalue weighted by atomic mass is 31.2. The molecule has 2 atom stereocenters. The van der Waals surface area contributed by atoms with E-state index in [0.29, 0.717) is 11.5 Å². The standard InChI is InChI=1S/C40H47N4O7P/c1-29(2)44(30(3)4)52(50-26-12-25-41)51-37(16-11-13-31-27-43(5)39(46)42-38(31)45)28-49-40(32-14-9-8-10-15-32,33-17-21-35(47-6)22-18-33)34-19-23-36(48-7)24-20-34/h8-10,14-15,17-24,27,29-30,37H,12,16,26,28H2,1-7H3,(H,42,45,46). The van der Waals surface area contributed by atoms with E-state index >= 15 is 0 Å². The monoisotopic (exact) mass is 726 g/mol. The zero-order chi connectivity index (χ0) is 37.7. The van der Waals surface area contributed by atoms with Gasteiger partial charge in [0.2, 0.25) is 0 Å². The van der Waals surface area contributed by atoms with Crippen molar-refractivity contribution in [2.24, 2.45) is 7.05 Å². The quantitative estimate of drug-likeness (QED) is 0.0561. The second-order valence-corrected chi connectivity index (χ2v) is 13.9. The average molecular weight is 727 g/mol. The number of aromatic amines is 1. The molecular formula is C40H47N4O7P. The molecular weight excluding hydrogens is 679 g/mol. The van der Waals surface area contributed by atoms with Crippen LogP contribution in [0.2, 0.25) is 0 Å². The summed E-state index contributed by atoms with van der Waals surface area (Å²) in [5.41, 5.74) is 0.515. The molecule has 274 valence electrons. The van der Waals surface area contributed by atoms with Crippen LogP contribution in [-0.2, 0) is 26.4 Å². The van der Waals surface area contributed by atoms with Crippen molar-refractivity contribution in [1.82, 2.24) is 14.2 Å². The Hall–Kier alpha value is -4.74. The van der Waals surface area contributed by atoms with Crippen LogP contribution >= 0.6 is 8.53 Å². The van der Waals surface area contributed by atoms with Gasteiger partial charge in [0, 0.05) is 31.7 Å². The first-order chi connectivity index (χ1) is 25.0. The molecule has 0 radical (unpaired) electrons. The summed E-state index contributed by atoms with van der Waals surface area (Å²) in [6.45, 7) is 8.51. The topological polar surface area (TPSA) is 128 Å². The summed E-state index contributed by atoms with van der Waals surface area (Å²) in [6.07, 6.45) is 1.11. The fraction of sp³-hybridized carbons (Fsp3) is 0.375. The average Bonchev–Trinajstić information content (AvgIpc) is 3.14. The summed E-state index contributed by atoms with van der Waals surface area (Å²) in [4.78, 5) is 26.8. The van der Waals surface area contributed by atoms with Gasteiger partial charge in [-0.2, -0.15) is 5.26 Å². The molecule has 0 fully saturated rings. The molecule has 4 rings (SSSR count). The fourth-order valence-corrected chi connectivity index (χ4v) is 7.45. The number of rotatable bonds is 17. The maximum absolute atomic E-state index is 12.6. The van der Waals surface area contributed by atoms with E-state index in [4.69, 9.17) is 23.3 Å². The van der Waals surface area contributed by atoms with Crippen LogP contribution in [0.25, 0.3) is 0 Å². The van der Waals surface area contributed by atoms with Crippen molar-refractivity contribution in [1.29, 1.82) is 5.26 Å². The predicted octanol–water partition coefficient (Wildman–Crippen LogP) is 6.50. The summed E-state index contributed by atoms with van der Waals surface area (Å²) in [7, 11) is 3.12. The number of benzene rings is 3. The van der Waals surface area contributed by atoms with Crippen molar-refractivity contribution in [2.45, 2.75) is 64.3 Å². The number of methoxy groups -OCH3 is 2. The highest BCUT2D eigenvalue weighted by molar-refractivity contribution is 7.44. The van der Waals surface area contributed by atoms with Crippen molar-refractivity contribution < 1.29 is 23.3 Å². The van der Waals surface area contributed by atoms with Crippen LogP contribution in [0, 0.1) is 23.2 Å². The first kappa shape index (κ1) is 40.0. The Morgan fingerprint density at radius 1 is 0.865 bits per heavy atom. The molecule has 4 aromatic rings. The molecule has 11 nitrogen and oxygen atoms in total. The van der Waals surface area contributed by atoms with E-state index in [0.717, 1.165) is 16.7 Å². The molecule has 1 N–H and O–H groups in total. The highest BCUT2D eigenvalue weighted by Gasteiger charge is 2.39. The number of aryl methyl sites for hydroxylation is 1. The summed E-state index contributed by atoms with van der Waals surface area (Å²) in [5, 5.41) is 9.29. The maximum atomic E-state index is 12.6. The molecule has 0 saturated carbocycles. The van der Waals surface area contributed by atoms with Gasteiger partial charge in [0.05, 0.1) is 46.0 Å². The minimum Gasteiger partial charge on any atom is -0.497 e. The van der Waals surface area contributed by atoms with Crippen molar-refractivity contribution >= 4 is 8.53 Å². The minimum absolute atomic E-state index is 0.0513. The highest BCUT2D eigenvalue weighted by Crippen LogP contribution is 2.48. The smallest absolute Gasteiger partial charge is 0.328 e. The molecule has 0 aliphatic carbocycles. The molecule has 1 aromatic heterocycles. The summed E-state index contributed by atoms with van der Waals surface area (Å²) < 4.78 is 34.7. The van der Waals surface area contributed by atoms with Crippen molar-refractivity contribution in [3.8, 4) is 29.4 Å². The van der Waals surface area contributed by atoms with E-state index in [1.54, 1.807) is 21.3 Å². The van der Waals surface area contributed by atoms with Gasteiger partial charge in [-0.05, 0) is 68.7 Å². The molecule has 0 aliphatic heterocycles. The zero-order valence-corrected chi connectivity index (χ0v) is 31.7. The minimum atomic E-state index is -1.68. The van der Waals surface area contributed by atoms with Gasteiger partial charge in [-0.15, -0.1) is 0 Å². The third-order valence-corrected chi connectivity index (χ3v) is 10.4. The lowest BCUT2D eigenvalue weighted by Crippen LogP contribution is -2.38. The second-order valence-electron chi connectivity index (χ2n) is 12.5. The number of aromatic nitrogens is 2. The van der Waals surface area contributed by atoms with Crippen LogP contribution in [0.15, 0.2) is 94.6 Å². The van der Waals surface area contributed by atoms with Crippen LogP contribution in [0.3, 0.4) is 0 Å². The van der Waals surface area contributed by atoms with E-state index in [1.807, 2.05) is 78.9 Å². The van der Waals surface area contributed by atoms with Crippen LogP contribution in [0.4, 0.5) is 0 Å². The third-order valence-electron chi connectivity index (χ3n) is 8.22. The lowest BCUT2D eigenvalue weighted by atomic mass is 9.80. The molecule has 1 heterocycles. The summed E-state index contributed by atoms with van der Waals surface area (Å²) in [5.74, 6) is 7.43. The largest absolute Gasteiger partial charge is 0.497 e. The number of hydrogen-bond donors (Lipinski definition) is 1. The fourth-order valence-electron chi connectivity index (χ4n) is 5.75. The van der Waals surface area contributed by atoms with E-state index in [-0.39, 0.29) is 43.7 Å². The molecule has 0 amide bonds. The number of hydrogen-bond acceptors (Lipinski definition) is 9. The van der Waals surface area contributed by atoms with Gasteiger partial charge in [-0.1, -0.05) is 66.4 Å². The number of nitriles is 1. The van der Waals surface area contributed by atoms with Gasteiger partial charge in [0.1, 0.15) is 22.7 Å². The first-order valence-corrected chi connectivity index (χ1v) is 18.2. The molecule has 52 heavy (non-hydrogen) atoms. The Labute approximate surface area is 307 Å². The van der Waals surface area contributed by atoms with Gasteiger partial charge in [0.15, 0.2) is 0 Å². The van der Waals surface area contributed by atoms with Crippen molar-refractivity contribution in [2.75, 3.05) is 27.4 Å². The molecule has 0 aliphatic rings. The lowest BCUT2D eigenvalue weighted by Gasteiger charge is -2.39. The Morgan fingerprint density at radius 2 is 1.42 bits per heavy atom. The zero-order valence-electron chi connectivity index (χ0n) is 30.8. The second kappa shape index (κ2) is 19.2. The number of nitrogens with one attached hydrogen (secondary N) is 1. The van der Waals surface area contributed by atoms with Gasteiger partial charge >= 0.3 is 5.69 Å². The summed E-state index contributed by atoms with van der Waals surface area (Å²) >= 11 is 0. The molecule has 0 spiro atoms. The summed E-state index contributed by atoms with van der Waals surface area (Å²) in [6, 6.07) is 27.7. The van der Waals surface area contributed by atoms with Crippen LogP contribution in [0.1, 0.15) is 62.8 Å². The van der Waals surface area contributed by atoms with Gasteiger partial charge in [-0.25, -0.2) is 9.46 Å². The van der Waals surface area contributed by atoms with Crippen LogP contribution in [0.5, 0.6) is 11.5 Å². The molecule has 12 heteroatoms. The first-order valence-electron chi connectivity index (χ1n) is 17.1. The maximum Gasteiger partial charge on any atom is 0.328 e. The number of nitrogens with zero attached hydrogens (tertiary/aromatic N) is 3. The molecule has 3 aromatic carbocycles. The predicted molar refractivity (Wildman–Crippen MR) is 202 cm³/mol. The van der Waals surface area contributed by atoms with Crippen LogP contribution in [-0.4, -0.2) is 59.8 Å². The Morgan fingerprint density at radius 3 is 1.94 bits per heavy atom. The Kier molecular flexibility index (Phi) is 14.8. The normalized spacial score (nSPS) is 12.6. The Bertz CT molecular complexity index is 1890. The third kappa shape index (κ3) is 9.98. The SMILES string of the molecule is COc1ccc(C(OCC(CC#Cc2cn(C)c(=O)[nH]c2=O)OP(OCCC#N)N(C(C)C)C(C)C)(c2ccccc2)c2ccc(OC)cc2)cc1. The van der Waals surface area contributed by atoms with Crippen molar-refractivity contribution in [3.05, 3.63) is 128 Å². The van der Waals surface area contributed by atoms with Gasteiger partial charge in [0.25, 0.3) is 14.1 Å². The Balaban J connectivity index is 1.85. The van der Waals surface area contributed by atoms with E-state index < -0.39 is 31.5 Å². The van der Waals surface area contributed by atoms with E-state index in [1.165, 1.54) is 10.8 Å². The lowest BCUT2D eigenvalue weighted by molar-refractivity contribution is -0.0328. The van der Waals surface area contributed by atoms with E-state index in [9.17, 15) is 14.9 Å². The molecule has 0 bridgehead atoms. The van der Waals surface area contributed by atoms with Crippen LogP contribution < -0.4 is 20.7 Å². The van der Waals surface area contributed by atoms with E-state index in [2.05, 4.69) is 55.3 Å². The number of H-pyrrole nitrogens is 1. The molecule has 2 unspecified atom stereocenters. The van der Waals surface area contributed by atoms with Gasteiger partial charge < -0.3 is 27.8 Å². The molecule has 0 saturated heterocycles. The van der Waals surface area contributed by atoms with Crippen molar-refractivity contribution in [3.63, 3.8) is 0 Å². The number of ether oxygens (including phenoxy) is 3.